The van der Waals surface area contributed by atoms with E-state index in [1.54, 1.807) is 6.33 Å². The lowest BCUT2D eigenvalue weighted by molar-refractivity contribution is 0.439. The van der Waals surface area contributed by atoms with Crippen molar-refractivity contribution in [3.8, 4) is 0 Å². The van der Waals surface area contributed by atoms with Gasteiger partial charge in [0.15, 0.2) is 11.5 Å². The molecule has 2 aliphatic carbocycles. The predicted molar refractivity (Wildman–Crippen MR) is 106 cm³/mol. The number of rotatable bonds is 4. The van der Waals surface area contributed by atoms with Gasteiger partial charge in [0.1, 0.15) is 5.52 Å². The molecule has 4 aromatic rings. The highest BCUT2D eigenvalue weighted by Crippen LogP contribution is 2.45. The summed E-state index contributed by atoms with van der Waals surface area (Å²) in [6, 6.07) is 8.74. The Balaban J connectivity index is 1.33. The molecule has 7 heteroatoms. The first-order chi connectivity index (χ1) is 13.3. The number of hydrogen-bond donors (Lipinski definition) is 4. The highest BCUT2D eigenvalue weighted by Gasteiger charge is 2.39. The summed E-state index contributed by atoms with van der Waals surface area (Å²) < 4.78 is 0. The molecule has 4 N–H and O–H groups in total. The van der Waals surface area contributed by atoms with E-state index < -0.39 is 0 Å². The number of nitrogens with one attached hydrogen (secondary N) is 4. The number of H-pyrrole nitrogens is 2. The molecule has 7 nitrogen and oxygen atoms in total. The first kappa shape index (κ1) is 15.0. The second kappa shape index (κ2) is 5.70. The van der Waals surface area contributed by atoms with Gasteiger partial charge in [0.25, 0.3) is 0 Å². The Kier molecular flexibility index (Phi) is 3.17. The van der Waals surface area contributed by atoms with Crippen molar-refractivity contribution >= 4 is 39.5 Å². The van der Waals surface area contributed by atoms with Crippen LogP contribution in [0.15, 0.2) is 36.8 Å². The molecule has 0 saturated heterocycles. The average molecular weight is 359 g/mol. The van der Waals surface area contributed by atoms with Crippen LogP contribution in [0.2, 0.25) is 0 Å². The summed E-state index contributed by atoms with van der Waals surface area (Å²) in [5.74, 6) is 3.07. The number of benzene rings is 1. The van der Waals surface area contributed by atoms with Gasteiger partial charge in [0, 0.05) is 28.8 Å². The van der Waals surface area contributed by atoms with Gasteiger partial charge in [-0.05, 0) is 55.4 Å². The summed E-state index contributed by atoms with van der Waals surface area (Å²) in [4.78, 5) is 20.1. The van der Waals surface area contributed by atoms with Crippen molar-refractivity contribution < 1.29 is 0 Å². The Morgan fingerprint density at radius 3 is 2.93 bits per heavy atom. The van der Waals surface area contributed by atoms with Gasteiger partial charge in [-0.15, -0.1) is 0 Å². The van der Waals surface area contributed by atoms with Crippen LogP contribution in [0.1, 0.15) is 25.7 Å². The Morgan fingerprint density at radius 2 is 2.04 bits per heavy atom. The smallest absolute Gasteiger partial charge is 0.231 e. The van der Waals surface area contributed by atoms with Gasteiger partial charge >= 0.3 is 0 Å². The molecule has 2 saturated carbocycles. The van der Waals surface area contributed by atoms with Gasteiger partial charge in [0.2, 0.25) is 5.95 Å². The van der Waals surface area contributed by atoms with Crippen molar-refractivity contribution in [2.24, 2.45) is 11.8 Å². The lowest BCUT2D eigenvalue weighted by Gasteiger charge is -2.23. The third-order valence-corrected chi connectivity index (χ3v) is 6.16. The Hall–Kier alpha value is -3.09. The normalized spacial score (nSPS) is 24.1. The van der Waals surface area contributed by atoms with Crippen LogP contribution in [-0.2, 0) is 0 Å². The maximum absolute atomic E-state index is 4.77. The predicted octanol–water partition coefficient (Wildman–Crippen LogP) is 4.18. The van der Waals surface area contributed by atoms with Gasteiger partial charge in [-0.1, -0.05) is 6.42 Å². The lowest BCUT2D eigenvalue weighted by atomic mass is 9.95. The minimum absolute atomic E-state index is 0.509. The van der Waals surface area contributed by atoms with Crippen molar-refractivity contribution in [3.63, 3.8) is 0 Å². The number of aromatic amines is 2. The van der Waals surface area contributed by atoms with Gasteiger partial charge in [-0.25, -0.2) is 4.98 Å². The van der Waals surface area contributed by atoms with E-state index in [2.05, 4.69) is 48.8 Å². The number of aromatic nitrogens is 5. The summed E-state index contributed by atoms with van der Waals surface area (Å²) in [6.45, 7) is 0. The molecule has 136 valence electrons. The molecule has 0 amide bonds. The molecule has 6 rings (SSSR count). The van der Waals surface area contributed by atoms with E-state index in [1.165, 1.54) is 25.7 Å². The standard InChI is InChI=1S/C20H21N7/c1-2-12-7-11(1)8-16(12)25-19-17-18(23-10-22-17)26-20(27-19)24-14-3-4-15-13(9-14)5-6-21-15/h3-6,9-12,16,21H,1-2,7-8H2,(H3,22,23,24,25,26,27). The van der Waals surface area contributed by atoms with Crippen molar-refractivity contribution in [3.05, 3.63) is 36.8 Å². The molecule has 3 atom stereocenters. The maximum Gasteiger partial charge on any atom is 0.231 e. The molecular formula is C20H21N7. The number of hydrogen-bond acceptors (Lipinski definition) is 5. The highest BCUT2D eigenvalue weighted by atomic mass is 15.2. The van der Waals surface area contributed by atoms with Gasteiger partial charge in [0.05, 0.1) is 6.33 Å². The monoisotopic (exact) mass is 359 g/mol. The second-order valence-corrected chi connectivity index (χ2v) is 7.83. The first-order valence-corrected chi connectivity index (χ1v) is 9.64. The Labute approximate surface area is 156 Å². The molecule has 2 fully saturated rings. The van der Waals surface area contributed by atoms with Crippen molar-refractivity contribution in [1.29, 1.82) is 0 Å². The molecule has 1 aromatic carbocycles. The van der Waals surface area contributed by atoms with E-state index in [0.29, 0.717) is 17.6 Å². The SMILES string of the molecule is c1cc2cc(Nc3nc(NC4CC5CCC4C5)c4[nH]cnc4n3)ccc2[nH]1. The second-order valence-electron chi connectivity index (χ2n) is 7.83. The third kappa shape index (κ3) is 2.53. The van der Waals surface area contributed by atoms with Crippen LogP contribution in [0.3, 0.4) is 0 Å². The van der Waals surface area contributed by atoms with E-state index in [9.17, 15) is 0 Å². The van der Waals surface area contributed by atoms with Crippen LogP contribution >= 0.6 is 0 Å². The molecule has 3 aromatic heterocycles. The van der Waals surface area contributed by atoms with Crippen molar-refractivity contribution in [2.45, 2.75) is 31.7 Å². The molecule has 3 unspecified atom stereocenters. The van der Waals surface area contributed by atoms with Gasteiger partial charge in [-0.3, -0.25) is 0 Å². The highest BCUT2D eigenvalue weighted by molar-refractivity contribution is 5.86. The van der Waals surface area contributed by atoms with Crippen LogP contribution in [0.5, 0.6) is 0 Å². The fourth-order valence-corrected chi connectivity index (χ4v) is 4.85. The minimum Gasteiger partial charge on any atom is -0.365 e. The molecule has 3 heterocycles. The number of anilines is 3. The van der Waals surface area contributed by atoms with E-state index in [1.807, 2.05) is 12.3 Å². The minimum atomic E-state index is 0.509. The zero-order valence-corrected chi connectivity index (χ0v) is 14.9. The topological polar surface area (TPSA) is 94.3 Å². The molecule has 2 bridgehead atoms. The number of nitrogens with zero attached hydrogens (tertiary/aromatic N) is 3. The lowest BCUT2D eigenvalue weighted by Crippen LogP contribution is -2.26. The van der Waals surface area contributed by atoms with Crippen LogP contribution in [-0.4, -0.2) is 31.0 Å². The summed E-state index contributed by atoms with van der Waals surface area (Å²) >= 11 is 0. The zero-order chi connectivity index (χ0) is 17.8. The molecule has 0 radical (unpaired) electrons. The van der Waals surface area contributed by atoms with Gasteiger partial charge < -0.3 is 20.6 Å². The Bertz CT molecular complexity index is 1130. The molecule has 2 aliphatic rings. The third-order valence-electron chi connectivity index (χ3n) is 6.16. The maximum atomic E-state index is 4.77. The fourth-order valence-electron chi connectivity index (χ4n) is 4.85. The average Bonchev–Trinajstić information content (AvgIpc) is 3.45. The number of imidazole rings is 1. The van der Waals surface area contributed by atoms with Crippen LogP contribution in [0.25, 0.3) is 22.1 Å². The van der Waals surface area contributed by atoms with Crippen molar-refractivity contribution in [1.82, 2.24) is 24.9 Å². The van der Waals surface area contributed by atoms with E-state index >= 15 is 0 Å². The zero-order valence-electron chi connectivity index (χ0n) is 14.9. The van der Waals surface area contributed by atoms with E-state index in [-0.39, 0.29) is 0 Å². The molecule has 0 aliphatic heterocycles. The van der Waals surface area contributed by atoms with Crippen LogP contribution < -0.4 is 10.6 Å². The van der Waals surface area contributed by atoms with Crippen LogP contribution in [0, 0.1) is 11.8 Å². The molecular weight excluding hydrogens is 338 g/mol. The summed E-state index contributed by atoms with van der Waals surface area (Å²) in [5, 5.41) is 8.18. The summed E-state index contributed by atoms with van der Waals surface area (Å²) in [5.41, 5.74) is 3.64. The van der Waals surface area contributed by atoms with Crippen LogP contribution in [0.4, 0.5) is 17.5 Å². The fraction of sp³-hybridized carbons (Fsp3) is 0.350. The number of fused-ring (bicyclic) bond motifs is 4. The summed E-state index contributed by atoms with van der Waals surface area (Å²) in [6.07, 6.45) is 8.95. The largest absolute Gasteiger partial charge is 0.365 e. The summed E-state index contributed by atoms with van der Waals surface area (Å²) in [7, 11) is 0. The van der Waals surface area contributed by atoms with Crippen molar-refractivity contribution in [2.75, 3.05) is 10.6 Å². The van der Waals surface area contributed by atoms with E-state index in [0.717, 1.165) is 39.8 Å². The van der Waals surface area contributed by atoms with E-state index in [4.69, 9.17) is 4.98 Å². The first-order valence-electron chi connectivity index (χ1n) is 9.64. The molecule has 27 heavy (non-hydrogen) atoms. The van der Waals surface area contributed by atoms with Gasteiger partial charge in [-0.2, -0.15) is 9.97 Å². The quantitative estimate of drug-likeness (QED) is 0.438. The Morgan fingerprint density at radius 1 is 1.04 bits per heavy atom. The molecule has 0 spiro atoms.